The topological polar surface area (TPSA) is 35.5 Å². The first kappa shape index (κ1) is 16.4. The average Bonchev–Trinajstić information content (AvgIpc) is 2.54. The minimum Gasteiger partial charge on any atom is -0.493 e. The second-order valence-corrected chi connectivity index (χ2v) is 5.26. The molecule has 0 atom stereocenters. The molecule has 0 saturated carbocycles. The Morgan fingerprint density at radius 2 is 1.68 bits per heavy atom. The normalized spacial score (nSPS) is 10.7. The van der Waals surface area contributed by atoms with Crippen molar-refractivity contribution in [1.29, 1.82) is 0 Å². The van der Waals surface area contributed by atoms with Crippen LogP contribution in [0, 0.1) is 0 Å². The van der Waals surface area contributed by atoms with Gasteiger partial charge in [-0.2, -0.15) is 0 Å². The van der Waals surface area contributed by atoms with Crippen LogP contribution in [0.15, 0.2) is 42.5 Å². The molecule has 114 valence electrons. The molecule has 0 bridgehead atoms. The van der Waals surface area contributed by atoms with E-state index in [0.717, 1.165) is 5.56 Å². The molecule has 5 heteroatoms. The fraction of sp³-hybridized carbons (Fsp3) is 0.118. The molecule has 0 amide bonds. The van der Waals surface area contributed by atoms with Crippen LogP contribution in [0.2, 0.25) is 10.0 Å². The minimum absolute atomic E-state index is 0.159. The molecule has 22 heavy (non-hydrogen) atoms. The Bertz CT molecular complexity index is 724. The highest BCUT2D eigenvalue weighted by Gasteiger charge is 2.06. The quantitative estimate of drug-likeness (QED) is 0.575. The van der Waals surface area contributed by atoms with Crippen molar-refractivity contribution in [2.45, 2.75) is 0 Å². The van der Waals surface area contributed by atoms with Crippen molar-refractivity contribution in [2.24, 2.45) is 0 Å². The standard InChI is InChI=1S/C17H14Cl2O3/c1-21-16-8-4-11(9-17(16)22-2)3-7-15(20)12-5-6-13(18)14(19)10-12/h3-10H,1-2H3. The fourth-order valence-electron chi connectivity index (χ4n) is 1.87. The van der Waals surface area contributed by atoms with E-state index in [9.17, 15) is 4.79 Å². The Balaban J connectivity index is 2.20. The predicted molar refractivity (Wildman–Crippen MR) is 89.4 cm³/mol. The highest BCUT2D eigenvalue weighted by atomic mass is 35.5. The number of rotatable bonds is 5. The second-order valence-electron chi connectivity index (χ2n) is 4.44. The number of benzene rings is 2. The van der Waals surface area contributed by atoms with Gasteiger partial charge < -0.3 is 9.47 Å². The minimum atomic E-state index is -0.159. The van der Waals surface area contributed by atoms with Crippen LogP contribution in [0.25, 0.3) is 6.08 Å². The number of halogens is 2. The third kappa shape index (κ3) is 3.81. The summed E-state index contributed by atoms with van der Waals surface area (Å²) in [6.07, 6.45) is 3.17. The van der Waals surface area contributed by atoms with E-state index in [1.54, 1.807) is 50.6 Å². The van der Waals surface area contributed by atoms with Crippen LogP contribution in [-0.4, -0.2) is 20.0 Å². The van der Waals surface area contributed by atoms with Gasteiger partial charge in [0.05, 0.1) is 24.3 Å². The number of carbonyl (C=O) groups excluding carboxylic acids is 1. The van der Waals surface area contributed by atoms with E-state index in [1.807, 2.05) is 6.07 Å². The van der Waals surface area contributed by atoms with E-state index in [-0.39, 0.29) is 5.78 Å². The van der Waals surface area contributed by atoms with Crippen molar-refractivity contribution in [3.63, 3.8) is 0 Å². The highest BCUT2D eigenvalue weighted by Crippen LogP contribution is 2.28. The molecule has 0 aliphatic carbocycles. The molecule has 2 aromatic rings. The van der Waals surface area contributed by atoms with Gasteiger partial charge in [0.25, 0.3) is 0 Å². The molecule has 0 aliphatic heterocycles. The monoisotopic (exact) mass is 336 g/mol. The van der Waals surface area contributed by atoms with E-state index in [2.05, 4.69) is 0 Å². The smallest absolute Gasteiger partial charge is 0.185 e. The van der Waals surface area contributed by atoms with E-state index < -0.39 is 0 Å². The Kier molecular flexibility index (Phi) is 5.47. The molecule has 0 spiro atoms. The SMILES string of the molecule is COc1ccc(C=CC(=O)c2ccc(Cl)c(Cl)c2)cc1OC. The molecule has 0 heterocycles. The number of carbonyl (C=O) groups is 1. The molecular formula is C17H14Cl2O3. The molecule has 0 fully saturated rings. The van der Waals surface area contributed by atoms with Crippen LogP contribution in [0.5, 0.6) is 11.5 Å². The molecule has 2 rings (SSSR count). The molecule has 0 aliphatic rings. The molecule has 0 aromatic heterocycles. The fourth-order valence-corrected chi connectivity index (χ4v) is 2.17. The summed E-state index contributed by atoms with van der Waals surface area (Å²) in [6, 6.07) is 10.2. The van der Waals surface area contributed by atoms with Gasteiger partial charge in [-0.1, -0.05) is 35.3 Å². The summed E-state index contributed by atoms with van der Waals surface area (Å²) in [7, 11) is 3.13. The molecular weight excluding hydrogens is 323 g/mol. The van der Waals surface area contributed by atoms with Gasteiger partial charge in [-0.3, -0.25) is 4.79 Å². The third-order valence-corrected chi connectivity index (χ3v) is 3.78. The lowest BCUT2D eigenvalue weighted by Crippen LogP contribution is -1.94. The maximum absolute atomic E-state index is 12.1. The first-order chi connectivity index (χ1) is 10.5. The summed E-state index contributed by atoms with van der Waals surface area (Å²) >= 11 is 11.7. The third-order valence-electron chi connectivity index (χ3n) is 3.04. The second kappa shape index (κ2) is 7.34. The van der Waals surface area contributed by atoms with Gasteiger partial charge >= 0.3 is 0 Å². The van der Waals surface area contributed by atoms with E-state index in [1.165, 1.54) is 6.08 Å². The van der Waals surface area contributed by atoms with Crippen molar-refractivity contribution in [3.05, 3.63) is 63.6 Å². The van der Waals surface area contributed by atoms with Gasteiger partial charge in [0, 0.05) is 5.56 Å². The zero-order chi connectivity index (χ0) is 16.1. The molecule has 0 saturated heterocycles. The number of ketones is 1. The lowest BCUT2D eigenvalue weighted by Gasteiger charge is -2.07. The number of hydrogen-bond donors (Lipinski definition) is 0. The highest BCUT2D eigenvalue weighted by molar-refractivity contribution is 6.42. The van der Waals surface area contributed by atoms with Crippen molar-refractivity contribution in [3.8, 4) is 11.5 Å². The largest absolute Gasteiger partial charge is 0.493 e. The van der Waals surface area contributed by atoms with Crippen LogP contribution in [0.4, 0.5) is 0 Å². The van der Waals surface area contributed by atoms with Crippen molar-refractivity contribution >= 4 is 35.1 Å². The van der Waals surface area contributed by atoms with Gasteiger partial charge in [-0.25, -0.2) is 0 Å². The van der Waals surface area contributed by atoms with Crippen LogP contribution in [0.3, 0.4) is 0 Å². The lowest BCUT2D eigenvalue weighted by atomic mass is 10.1. The summed E-state index contributed by atoms with van der Waals surface area (Å²) in [6.45, 7) is 0. The van der Waals surface area contributed by atoms with E-state index in [4.69, 9.17) is 32.7 Å². The lowest BCUT2D eigenvalue weighted by molar-refractivity contribution is 0.104. The Morgan fingerprint density at radius 3 is 2.32 bits per heavy atom. The van der Waals surface area contributed by atoms with Gasteiger partial charge in [0.1, 0.15) is 0 Å². The number of allylic oxidation sites excluding steroid dienone is 1. The van der Waals surface area contributed by atoms with Gasteiger partial charge in [-0.05, 0) is 42.0 Å². The number of methoxy groups -OCH3 is 2. The Morgan fingerprint density at radius 1 is 0.955 bits per heavy atom. The maximum atomic E-state index is 12.1. The Hall–Kier alpha value is -1.97. The van der Waals surface area contributed by atoms with E-state index in [0.29, 0.717) is 27.1 Å². The van der Waals surface area contributed by atoms with Crippen molar-refractivity contribution in [2.75, 3.05) is 14.2 Å². The summed E-state index contributed by atoms with van der Waals surface area (Å²) < 4.78 is 10.4. The molecule has 0 unspecified atom stereocenters. The van der Waals surface area contributed by atoms with Crippen LogP contribution >= 0.6 is 23.2 Å². The number of hydrogen-bond acceptors (Lipinski definition) is 3. The first-order valence-electron chi connectivity index (χ1n) is 6.44. The van der Waals surface area contributed by atoms with Crippen LogP contribution < -0.4 is 9.47 Å². The predicted octanol–water partition coefficient (Wildman–Crippen LogP) is 4.91. The van der Waals surface area contributed by atoms with Crippen LogP contribution in [0.1, 0.15) is 15.9 Å². The summed E-state index contributed by atoms with van der Waals surface area (Å²) in [5, 5.41) is 0.772. The Labute approximate surface area is 139 Å². The molecule has 2 aromatic carbocycles. The zero-order valence-corrected chi connectivity index (χ0v) is 13.6. The van der Waals surface area contributed by atoms with Crippen molar-refractivity contribution < 1.29 is 14.3 Å². The first-order valence-corrected chi connectivity index (χ1v) is 7.20. The van der Waals surface area contributed by atoms with Crippen molar-refractivity contribution in [1.82, 2.24) is 0 Å². The molecule has 0 radical (unpaired) electrons. The zero-order valence-electron chi connectivity index (χ0n) is 12.1. The van der Waals surface area contributed by atoms with E-state index >= 15 is 0 Å². The van der Waals surface area contributed by atoms with Gasteiger partial charge in [0.15, 0.2) is 17.3 Å². The van der Waals surface area contributed by atoms with Gasteiger partial charge in [0.2, 0.25) is 0 Å². The summed E-state index contributed by atoms with van der Waals surface area (Å²) in [5.74, 6) is 1.08. The number of ether oxygens (including phenoxy) is 2. The molecule has 3 nitrogen and oxygen atoms in total. The maximum Gasteiger partial charge on any atom is 0.185 e. The summed E-state index contributed by atoms with van der Waals surface area (Å²) in [4.78, 5) is 12.1. The van der Waals surface area contributed by atoms with Crippen LogP contribution in [-0.2, 0) is 0 Å². The van der Waals surface area contributed by atoms with Gasteiger partial charge in [-0.15, -0.1) is 0 Å². The summed E-state index contributed by atoms with van der Waals surface area (Å²) in [5.41, 5.74) is 1.30. The average molecular weight is 337 g/mol. The molecule has 0 N–H and O–H groups in total.